The van der Waals surface area contributed by atoms with Crippen molar-refractivity contribution >= 4 is 11.2 Å². The molecule has 0 unspecified atom stereocenters. The van der Waals surface area contributed by atoms with Crippen LogP contribution in [0.4, 0.5) is 0 Å². The van der Waals surface area contributed by atoms with Crippen LogP contribution in [0.25, 0.3) is 11.2 Å². The summed E-state index contributed by atoms with van der Waals surface area (Å²) in [6.45, 7) is 7.12. The third kappa shape index (κ3) is 4.92. The molecule has 0 amide bonds. The fraction of sp³-hybridized carbons (Fsp3) is 0.750. The summed E-state index contributed by atoms with van der Waals surface area (Å²) in [5, 5.41) is 29.7. The van der Waals surface area contributed by atoms with E-state index in [1.54, 1.807) is 10.9 Å². The molecule has 1 aliphatic heterocycles. The van der Waals surface area contributed by atoms with Gasteiger partial charge < -0.3 is 25.0 Å². The highest BCUT2D eigenvalue weighted by atomic mass is 16.6. The summed E-state index contributed by atoms with van der Waals surface area (Å²) in [5.41, 5.74) is 2.09. The molecule has 3 N–H and O–H groups in total. The standard InChI is InChI=1S/C20H33N5O4/c1-3-5-8-24(9-6-4-2)10-7-14-16-19(22-12-21-14)25(13-23-16)20-18(28)17(27)15(11-26)29-20/h12-13,15,17-18,20,26-28H,3-11H2,1-2H3/t15-,17-,18-,20-/m1/s1. The monoisotopic (exact) mass is 407 g/mol. The van der Waals surface area contributed by atoms with Crippen LogP contribution in [0.2, 0.25) is 0 Å². The molecule has 0 aliphatic carbocycles. The van der Waals surface area contributed by atoms with Gasteiger partial charge in [-0.15, -0.1) is 0 Å². The summed E-state index contributed by atoms with van der Waals surface area (Å²) >= 11 is 0. The molecule has 1 fully saturated rings. The van der Waals surface area contributed by atoms with Gasteiger partial charge in [-0.05, 0) is 25.9 Å². The zero-order valence-electron chi connectivity index (χ0n) is 17.3. The number of unbranched alkanes of at least 4 members (excludes halogenated alkanes) is 2. The maximum Gasteiger partial charge on any atom is 0.165 e. The van der Waals surface area contributed by atoms with Gasteiger partial charge in [-0.1, -0.05) is 26.7 Å². The van der Waals surface area contributed by atoms with Gasteiger partial charge >= 0.3 is 0 Å². The summed E-state index contributed by atoms with van der Waals surface area (Å²) in [4.78, 5) is 15.7. The van der Waals surface area contributed by atoms with Crippen molar-refractivity contribution in [2.45, 2.75) is 70.5 Å². The maximum atomic E-state index is 10.3. The van der Waals surface area contributed by atoms with Crippen LogP contribution in [0.5, 0.6) is 0 Å². The normalized spacial score (nSPS) is 24.8. The zero-order valence-corrected chi connectivity index (χ0v) is 17.3. The van der Waals surface area contributed by atoms with Crippen molar-refractivity contribution in [1.82, 2.24) is 24.4 Å². The zero-order chi connectivity index (χ0) is 20.8. The van der Waals surface area contributed by atoms with Gasteiger partial charge in [0.25, 0.3) is 0 Å². The van der Waals surface area contributed by atoms with Crippen LogP contribution in [-0.4, -0.2) is 84.3 Å². The van der Waals surface area contributed by atoms with E-state index in [-0.39, 0.29) is 6.61 Å². The number of aromatic nitrogens is 4. The van der Waals surface area contributed by atoms with Gasteiger partial charge in [0, 0.05) is 13.0 Å². The van der Waals surface area contributed by atoms with Gasteiger partial charge in [0.1, 0.15) is 30.2 Å². The number of aliphatic hydroxyl groups excluding tert-OH is 3. The van der Waals surface area contributed by atoms with Crippen molar-refractivity contribution in [2.75, 3.05) is 26.2 Å². The maximum absolute atomic E-state index is 10.3. The SMILES string of the molecule is CCCCN(CCCC)CCc1ncnc2c1ncn2[C@@H]1O[C@H](CO)[C@@H](O)[C@H]1O. The largest absolute Gasteiger partial charge is 0.394 e. The fourth-order valence-corrected chi connectivity index (χ4v) is 3.74. The van der Waals surface area contributed by atoms with Crippen molar-refractivity contribution in [2.24, 2.45) is 0 Å². The molecule has 2 aromatic heterocycles. The third-order valence-corrected chi connectivity index (χ3v) is 5.55. The van der Waals surface area contributed by atoms with Gasteiger partial charge in [-0.2, -0.15) is 0 Å². The average Bonchev–Trinajstić information content (AvgIpc) is 3.29. The molecular formula is C20H33N5O4. The van der Waals surface area contributed by atoms with Crippen LogP contribution in [-0.2, 0) is 11.2 Å². The van der Waals surface area contributed by atoms with Crippen LogP contribution in [0.3, 0.4) is 0 Å². The molecule has 0 bridgehead atoms. The molecule has 29 heavy (non-hydrogen) atoms. The molecule has 0 aromatic carbocycles. The lowest BCUT2D eigenvalue weighted by atomic mass is 10.1. The first kappa shape index (κ1) is 22.0. The molecule has 0 spiro atoms. The van der Waals surface area contributed by atoms with Crippen molar-refractivity contribution in [1.29, 1.82) is 0 Å². The number of hydrogen-bond acceptors (Lipinski definition) is 8. The lowest BCUT2D eigenvalue weighted by Crippen LogP contribution is -2.33. The molecule has 1 saturated heterocycles. The Morgan fingerprint density at radius 2 is 1.76 bits per heavy atom. The fourth-order valence-electron chi connectivity index (χ4n) is 3.74. The Kier molecular flexibility index (Phi) is 7.91. The second kappa shape index (κ2) is 10.4. The number of hydrogen-bond donors (Lipinski definition) is 3. The molecule has 0 radical (unpaired) electrons. The molecule has 1 aliphatic rings. The third-order valence-electron chi connectivity index (χ3n) is 5.55. The summed E-state index contributed by atoms with van der Waals surface area (Å²) < 4.78 is 7.23. The second-order valence-corrected chi connectivity index (χ2v) is 7.67. The topological polar surface area (TPSA) is 117 Å². The predicted molar refractivity (Wildman–Crippen MR) is 108 cm³/mol. The Morgan fingerprint density at radius 3 is 2.38 bits per heavy atom. The Labute approximate surface area is 171 Å². The average molecular weight is 408 g/mol. The first-order valence-corrected chi connectivity index (χ1v) is 10.6. The van der Waals surface area contributed by atoms with Gasteiger partial charge in [0.05, 0.1) is 18.6 Å². The minimum Gasteiger partial charge on any atom is -0.394 e. The molecule has 4 atom stereocenters. The van der Waals surface area contributed by atoms with E-state index >= 15 is 0 Å². The van der Waals surface area contributed by atoms with E-state index in [0.29, 0.717) is 11.2 Å². The number of imidazole rings is 1. The van der Waals surface area contributed by atoms with Crippen molar-refractivity contribution in [3.05, 3.63) is 18.3 Å². The molecule has 9 heteroatoms. The molecule has 2 aromatic rings. The summed E-state index contributed by atoms with van der Waals surface area (Å²) in [7, 11) is 0. The number of fused-ring (bicyclic) bond motifs is 1. The van der Waals surface area contributed by atoms with E-state index in [0.717, 1.165) is 31.7 Å². The van der Waals surface area contributed by atoms with Crippen molar-refractivity contribution in [3.63, 3.8) is 0 Å². The van der Waals surface area contributed by atoms with Crippen molar-refractivity contribution in [3.8, 4) is 0 Å². The van der Waals surface area contributed by atoms with E-state index < -0.39 is 24.5 Å². The van der Waals surface area contributed by atoms with Gasteiger partial charge in [0.15, 0.2) is 11.9 Å². The van der Waals surface area contributed by atoms with Gasteiger partial charge in [0.2, 0.25) is 0 Å². The summed E-state index contributed by atoms with van der Waals surface area (Å²) in [6, 6.07) is 0. The lowest BCUT2D eigenvalue weighted by Gasteiger charge is -2.21. The van der Waals surface area contributed by atoms with Crippen LogP contribution in [0.15, 0.2) is 12.7 Å². The molecular weight excluding hydrogens is 374 g/mol. The summed E-state index contributed by atoms with van der Waals surface area (Å²) in [6.07, 6.45) is 4.53. The van der Waals surface area contributed by atoms with Crippen LogP contribution in [0.1, 0.15) is 51.5 Å². The van der Waals surface area contributed by atoms with Crippen LogP contribution >= 0.6 is 0 Å². The Hall–Kier alpha value is -1.65. The predicted octanol–water partition coefficient (Wildman–Crippen LogP) is 0.882. The van der Waals surface area contributed by atoms with Gasteiger partial charge in [-0.25, -0.2) is 15.0 Å². The lowest BCUT2D eigenvalue weighted by molar-refractivity contribution is -0.0511. The van der Waals surface area contributed by atoms with E-state index in [9.17, 15) is 15.3 Å². The van der Waals surface area contributed by atoms with Crippen LogP contribution < -0.4 is 0 Å². The highest BCUT2D eigenvalue weighted by Gasteiger charge is 2.44. The molecule has 9 nitrogen and oxygen atoms in total. The Bertz CT molecular complexity index is 762. The van der Waals surface area contributed by atoms with Gasteiger partial charge in [-0.3, -0.25) is 4.57 Å². The first-order chi connectivity index (χ1) is 14.1. The number of nitrogens with zero attached hydrogens (tertiary/aromatic N) is 5. The second-order valence-electron chi connectivity index (χ2n) is 7.67. The summed E-state index contributed by atoms with van der Waals surface area (Å²) in [5.74, 6) is 0. The molecule has 3 rings (SSSR count). The van der Waals surface area contributed by atoms with Crippen LogP contribution in [0, 0.1) is 0 Å². The number of ether oxygens (including phenoxy) is 1. The highest BCUT2D eigenvalue weighted by Crippen LogP contribution is 2.31. The number of rotatable bonds is 11. The number of aliphatic hydroxyl groups is 3. The quantitative estimate of drug-likeness (QED) is 0.503. The van der Waals surface area contributed by atoms with E-state index in [4.69, 9.17) is 4.74 Å². The Balaban J connectivity index is 1.76. The first-order valence-electron chi connectivity index (χ1n) is 10.6. The highest BCUT2D eigenvalue weighted by molar-refractivity contribution is 5.73. The van der Waals surface area contributed by atoms with Crippen molar-refractivity contribution < 1.29 is 20.1 Å². The minimum atomic E-state index is -1.17. The minimum absolute atomic E-state index is 0.368. The van der Waals surface area contributed by atoms with E-state index in [1.165, 1.54) is 32.0 Å². The molecule has 0 saturated carbocycles. The molecule has 162 valence electrons. The smallest absolute Gasteiger partial charge is 0.165 e. The van der Waals surface area contributed by atoms with E-state index in [2.05, 4.69) is 33.7 Å². The molecule has 3 heterocycles. The van der Waals surface area contributed by atoms with E-state index in [1.807, 2.05) is 0 Å². The Morgan fingerprint density at radius 1 is 1.03 bits per heavy atom.